The van der Waals surface area contributed by atoms with Crippen LogP contribution >= 0.6 is 0 Å². The summed E-state index contributed by atoms with van der Waals surface area (Å²) in [5.74, 6) is 1.73. The highest BCUT2D eigenvalue weighted by Crippen LogP contribution is 2.39. The van der Waals surface area contributed by atoms with E-state index >= 15 is 0 Å². The van der Waals surface area contributed by atoms with Gasteiger partial charge in [0.15, 0.2) is 0 Å². The van der Waals surface area contributed by atoms with Crippen molar-refractivity contribution in [1.82, 2.24) is 5.32 Å². The predicted molar refractivity (Wildman–Crippen MR) is 79.3 cm³/mol. The fourth-order valence-electron chi connectivity index (χ4n) is 3.93. The highest BCUT2D eigenvalue weighted by molar-refractivity contribution is 4.93. The fourth-order valence-corrected chi connectivity index (χ4v) is 3.93. The molecule has 0 radical (unpaired) electrons. The molecule has 0 saturated heterocycles. The monoisotopic (exact) mass is 265 g/mol. The van der Waals surface area contributed by atoms with E-state index in [-0.39, 0.29) is 5.60 Å². The molecule has 0 amide bonds. The average molecular weight is 265 g/mol. The van der Waals surface area contributed by atoms with Crippen LogP contribution in [0.5, 0.6) is 0 Å². The second-order valence-corrected chi connectivity index (χ2v) is 7.55. The number of rotatable bonds is 5. The molecule has 3 atom stereocenters. The molecule has 0 spiro atoms. The number of hydrogen-bond acceptors (Lipinski definition) is 2. The van der Waals surface area contributed by atoms with Gasteiger partial charge in [-0.2, -0.15) is 0 Å². The Hall–Kier alpha value is -0.0800. The van der Waals surface area contributed by atoms with Crippen molar-refractivity contribution in [3.8, 4) is 0 Å². The van der Waals surface area contributed by atoms with E-state index in [1.807, 2.05) is 0 Å². The Morgan fingerprint density at radius 1 is 1.00 bits per heavy atom. The van der Waals surface area contributed by atoms with Crippen molar-refractivity contribution < 1.29 is 4.74 Å². The molecule has 1 N–H and O–H groups in total. The molecule has 0 aliphatic heterocycles. The summed E-state index contributed by atoms with van der Waals surface area (Å²) in [6, 6.07) is 0.811. The van der Waals surface area contributed by atoms with E-state index in [0.29, 0.717) is 6.10 Å². The summed E-state index contributed by atoms with van der Waals surface area (Å²) in [6.45, 7) is 5.92. The molecule has 3 saturated carbocycles. The summed E-state index contributed by atoms with van der Waals surface area (Å²) in [5.41, 5.74) is 0.188. The summed E-state index contributed by atoms with van der Waals surface area (Å²) in [5, 5.41) is 3.72. The quantitative estimate of drug-likeness (QED) is 0.814. The van der Waals surface area contributed by atoms with Gasteiger partial charge in [0.1, 0.15) is 0 Å². The maximum Gasteiger partial charge on any atom is 0.0810 e. The maximum atomic E-state index is 6.67. The molecule has 2 nitrogen and oxygen atoms in total. The van der Waals surface area contributed by atoms with Gasteiger partial charge in [-0.1, -0.05) is 26.7 Å². The van der Waals surface area contributed by atoms with Gasteiger partial charge in [0.2, 0.25) is 0 Å². The molecular formula is C17H31NO. The zero-order chi connectivity index (χ0) is 13.3. The first-order chi connectivity index (χ1) is 9.17. The molecule has 3 aliphatic rings. The third kappa shape index (κ3) is 3.52. The number of nitrogens with one attached hydrogen (secondary N) is 1. The fraction of sp³-hybridized carbons (Fsp3) is 1.00. The van der Waals surface area contributed by atoms with Crippen molar-refractivity contribution >= 4 is 0 Å². The second-order valence-electron chi connectivity index (χ2n) is 7.55. The number of ether oxygens (including phenoxy) is 1. The van der Waals surface area contributed by atoms with Crippen molar-refractivity contribution in [2.75, 3.05) is 6.54 Å². The lowest BCUT2D eigenvalue weighted by Gasteiger charge is -2.39. The van der Waals surface area contributed by atoms with Gasteiger partial charge < -0.3 is 10.1 Å². The standard InChI is InChI=1S/C17H31NO/c1-13-5-8-16(11-14(13)2)19-17(9-3-4-10-17)12-18-15-6-7-15/h13-16,18H,3-12H2,1-2H3. The summed E-state index contributed by atoms with van der Waals surface area (Å²) in [4.78, 5) is 0. The zero-order valence-corrected chi connectivity index (χ0v) is 12.8. The maximum absolute atomic E-state index is 6.67. The highest BCUT2D eigenvalue weighted by Gasteiger charge is 2.39. The summed E-state index contributed by atoms with van der Waals surface area (Å²) in [7, 11) is 0. The van der Waals surface area contributed by atoms with Gasteiger partial charge in [-0.25, -0.2) is 0 Å². The van der Waals surface area contributed by atoms with E-state index in [2.05, 4.69) is 19.2 Å². The van der Waals surface area contributed by atoms with Crippen LogP contribution in [0.15, 0.2) is 0 Å². The Morgan fingerprint density at radius 2 is 1.74 bits per heavy atom. The van der Waals surface area contributed by atoms with Gasteiger partial charge in [-0.3, -0.25) is 0 Å². The van der Waals surface area contributed by atoms with Crippen LogP contribution in [-0.4, -0.2) is 24.3 Å². The SMILES string of the molecule is CC1CCC(OC2(CNC3CC3)CCCC2)CC1C. The van der Waals surface area contributed by atoms with Crippen LogP contribution in [0.4, 0.5) is 0 Å². The van der Waals surface area contributed by atoms with E-state index in [9.17, 15) is 0 Å². The van der Waals surface area contributed by atoms with Crippen molar-refractivity contribution in [3.05, 3.63) is 0 Å². The summed E-state index contributed by atoms with van der Waals surface area (Å²) >= 11 is 0. The van der Waals surface area contributed by atoms with Gasteiger partial charge in [0.25, 0.3) is 0 Å². The zero-order valence-electron chi connectivity index (χ0n) is 12.8. The first kappa shape index (κ1) is 13.9. The largest absolute Gasteiger partial charge is 0.370 e. The Bertz CT molecular complexity index is 294. The summed E-state index contributed by atoms with van der Waals surface area (Å²) in [6.07, 6.45) is 12.5. The molecule has 0 aromatic carbocycles. The lowest BCUT2D eigenvalue weighted by molar-refractivity contribution is -0.111. The van der Waals surface area contributed by atoms with Gasteiger partial charge >= 0.3 is 0 Å². The van der Waals surface area contributed by atoms with Crippen molar-refractivity contribution in [2.45, 2.75) is 89.4 Å². The molecule has 2 heteroatoms. The molecule has 0 heterocycles. The predicted octanol–water partition coefficient (Wildman–Crippen LogP) is 3.89. The molecule has 0 aromatic rings. The van der Waals surface area contributed by atoms with Crippen molar-refractivity contribution in [3.63, 3.8) is 0 Å². The third-order valence-corrected chi connectivity index (χ3v) is 5.77. The topological polar surface area (TPSA) is 21.3 Å². The normalized spacial score (nSPS) is 38.5. The van der Waals surface area contributed by atoms with Crippen LogP contribution in [-0.2, 0) is 4.74 Å². The lowest BCUT2D eigenvalue weighted by Crippen LogP contribution is -2.45. The van der Waals surface area contributed by atoms with E-state index < -0.39 is 0 Å². The first-order valence-corrected chi connectivity index (χ1v) is 8.58. The van der Waals surface area contributed by atoms with Crippen LogP contribution in [0.25, 0.3) is 0 Å². The van der Waals surface area contributed by atoms with E-state index in [0.717, 1.165) is 24.4 Å². The van der Waals surface area contributed by atoms with Crippen molar-refractivity contribution in [1.29, 1.82) is 0 Å². The Balaban J connectivity index is 1.54. The average Bonchev–Trinajstić information content (AvgIpc) is 3.12. The molecule has 19 heavy (non-hydrogen) atoms. The lowest BCUT2D eigenvalue weighted by atomic mass is 9.80. The van der Waals surface area contributed by atoms with Crippen LogP contribution < -0.4 is 5.32 Å². The molecule has 3 fully saturated rings. The Morgan fingerprint density at radius 3 is 2.37 bits per heavy atom. The highest BCUT2D eigenvalue weighted by atomic mass is 16.5. The molecule has 3 rings (SSSR count). The van der Waals surface area contributed by atoms with Crippen LogP contribution in [0.2, 0.25) is 0 Å². The molecule has 0 aromatic heterocycles. The van der Waals surface area contributed by atoms with Gasteiger partial charge in [-0.05, 0) is 56.8 Å². The van der Waals surface area contributed by atoms with Gasteiger partial charge in [0.05, 0.1) is 11.7 Å². The van der Waals surface area contributed by atoms with Crippen LogP contribution in [0, 0.1) is 11.8 Å². The minimum absolute atomic E-state index is 0.188. The van der Waals surface area contributed by atoms with E-state index in [1.54, 1.807) is 0 Å². The molecule has 110 valence electrons. The first-order valence-electron chi connectivity index (χ1n) is 8.58. The minimum Gasteiger partial charge on any atom is -0.370 e. The molecule has 3 aliphatic carbocycles. The second kappa shape index (κ2) is 5.73. The molecular weight excluding hydrogens is 234 g/mol. The molecule has 3 unspecified atom stereocenters. The summed E-state index contributed by atoms with van der Waals surface area (Å²) < 4.78 is 6.67. The Kier molecular flexibility index (Phi) is 4.19. The van der Waals surface area contributed by atoms with Gasteiger partial charge in [0, 0.05) is 12.6 Å². The Labute approximate surface area is 118 Å². The van der Waals surface area contributed by atoms with Gasteiger partial charge in [-0.15, -0.1) is 0 Å². The number of hydrogen-bond donors (Lipinski definition) is 1. The smallest absolute Gasteiger partial charge is 0.0810 e. The molecule has 0 bridgehead atoms. The van der Waals surface area contributed by atoms with Crippen molar-refractivity contribution in [2.24, 2.45) is 11.8 Å². The van der Waals surface area contributed by atoms with Crippen LogP contribution in [0.3, 0.4) is 0 Å². The third-order valence-electron chi connectivity index (χ3n) is 5.77. The van der Waals surface area contributed by atoms with E-state index in [4.69, 9.17) is 4.74 Å². The van der Waals surface area contributed by atoms with E-state index in [1.165, 1.54) is 57.8 Å². The minimum atomic E-state index is 0.188. The van der Waals surface area contributed by atoms with Crippen LogP contribution in [0.1, 0.15) is 71.6 Å².